The number of benzene rings is 1. The van der Waals surface area contributed by atoms with Gasteiger partial charge in [0.05, 0.1) is 17.0 Å². The van der Waals surface area contributed by atoms with Gasteiger partial charge in [-0.3, -0.25) is 24.0 Å². The number of nitro groups is 1. The summed E-state index contributed by atoms with van der Waals surface area (Å²) in [7, 11) is 0. The summed E-state index contributed by atoms with van der Waals surface area (Å²) in [5.74, 6) is -0.893. The van der Waals surface area contributed by atoms with Crippen LogP contribution in [-0.2, 0) is 6.54 Å². The van der Waals surface area contributed by atoms with E-state index in [1.165, 1.54) is 16.8 Å². The first-order chi connectivity index (χ1) is 11.4. The summed E-state index contributed by atoms with van der Waals surface area (Å²) in [5.41, 5.74) is -2.77. The molecule has 2 aromatic rings. The van der Waals surface area contributed by atoms with Crippen LogP contribution in [0.15, 0.2) is 34.0 Å². The number of nitrogens with zero attached hydrogens (tertiary/aromatic N) is 4. The maximum absolute atomic E-state index is 14.0. The van der Waals surface area contributed by atoms with Gasteiger partial charge in [-0.15, -0.1) is 0 Å². The van der Waals surface area contributed by atoms with E-state index in [-0.39, 0.29) is 17.2 Å². The molecule has 0 amide bonds. The van der Waals surface area contributed by atoms with E-state index in [2.05, 4.69) is 0 Å². The van der Waals surface area contributed by atoms with Crippen LogP contribution in [0.25, 0.3) is 0 Å². The Kier molecular flexibility index (Phi) is 3.73. The lowest BCUT2D eigenvalue weighted by Gasteiger charge is -2.11. The molecule has 0 saturated heterocycles. The van der Waals surface area contributed by atoms with Crippen molar-refractivity contribution < 1.29 is 9.31 Å². The maximum atomic E-state index is 14.0. The molecule has 9 heteroatoms. The van der Waals surface area contributed by atoms with Crippen LogP contribution < -0.4 is 11.2 Å². The molecule has 0 N–H and O–H groups in total. The Labute approximate surface area is 134 Å². The van der Waals surface area contributed by atoms with Crippen LogP contribution in [0.5, 0.6) is 0 Å². The Morgan fingerprint density at radius 1 is 1.38 bits per heavy atom. The molecule has 8 nitrogen and oxygen atoms in total. The smallest absolute Gasteiger partial charge is 0.296 e. The van der Waals surface area contributed by atoms with Crippen LogP contribution in [0.3, 0.4) is 0 Å². The van der Waals surface area contributed by atoms with Gasteiger partial charge in [-0.05, 0) is 18.9 Å². The highest BCUT2D eigenvalue weighted by atomic mass is 19.1. The minimum Gasteiger partial charge on any atom is -0.296 e. The van der Waals surface area contributed by atoms with Crippen molar-refractivity contribution in [3.05, 3.63) is 72.3 Å². The Balaban J connectivity index is 2.20. The highest BCUT2D eigenvalue weighted by Gasteiger charge is 2.28. The molecule has 1 saturated carbocycles. The van der Waals surface area contributed by atoms with E-state index >= 15 is 0 Å². The normalized spacial score (nSPS) is 13.5. The molecule has 1 fully saturated rings. The molecule has 0 aliphatic heterocycles. The fourth-order valence-corrected chi connectivity index (χ4v) is 2.48. The lowest BCUT2D eigenvalue weighted by molar-refractivity contribution is -0.385. The second-order valence-electron chi connectivity index (χ2n) is 5.46. The number of nitriles is 1. The van der Waals surface area contributed by atoms with Crippen LogP contribution >= 0.6 is 0 Å². The third-order valence-electron chi connectivity index (χ3n) is 3.86. The first-order valence-electron chi connectivity index (χ1n) is 7.12. The minimum atomic E-state index is -0.893. The summed E-state index contributed by atoms with van der Waals surface area (Å²) >= 11 is 0. The van der Waals surface area contributed by atoms with Crippen molar-refractivity contribution in [3.8, 4) is 6.07 Å². The van der Waals surface area contributed by atoms with Crippen molar-refractivity contribution in [1.82, 2.24) is 9.13 Å². The van der Waals surface area contributed by atoms with Crippen molar-refractivity contribution in [3.63, 3.8) is 0 Å². The molecule has 0 spiro atoms. The van der Waals surface area contributed by atoms with Crippen molar-refractivity contribution in [2.45, 2.75) is 25.4 Å². The van der Waals surface area contributed by atoms with E-state index in [4.69, 9.17) is 5.26 Å². The maximum Gasteiger partial charge on any atom is 0.331 e. The fraction of sp³-hybridized carbons (Fsp3) is 0.267. The number of nitro benzene ring substituents is 1. The van der Waals surface area contributed by atoms with Gasteiger partial charge in [-0.25, -0.2) is 9.18 Å². The molecule has 0 radical (unpaired) electrons. The number of halogens is 1. The largest absolute Gasteiger partial charge is 0.331 e. The van der Waals surface area contributed by atoms with Gasteiger partial charge in [0, 0.05) is 18.3 Å². The Hall–Kier alpha value is -3.28. The highest BCUT2D eigenvalue weighted by Crippen LogP contribution is 2.33. The number of hydrogen-bond donors (Lipinski definition) is 0. The van der Waals surface area contributed by atoms with Gasteiger partial charge in [0.15, 0.2) is 0 Å². The zero-order valence-corrected chi connectivity index (χ0v) is 12.3. The zero-order chi connectivity index (χ0) is 17.4. The van der Waals surface area contributed by atoms with Gasteiger partial charge in [0.25, 0.3) is 11.2 Å². The molecule has 24 heavy (non-hydrogen) atoms. The molecular formula is C15H11FN4O4. The third kappa shape index (κ3) is 2.58. The summed E-state index contributed by atoms with van der Waals surface area (Å²) in [6, 6.07) is 4.88. The Morgan fingerprint density at radius 2 is 2.08 bits per heavy atom. The first kappa shape index (κ1) is 15.6. The second kappa shape index (κ2) is 5.73. The molecule has 122 valence electrons. The zero-order valence-electron chi connectivity index (χ0n) is 12.3. The number of rotatable bonds is 4. The first-order valence-corrected chi connectivity index (χ1v) is 7.12. The third-order valence-corrected chi connectivity index (χ3v) is 3.86. The van der Waals surface area contributed by atoms with Crippen molar-refractivity contribution in [2.24, 2.45) is 0 Å². The molecule has 0 unspecified atom stereocenters. The standard InChI is InChI=1S/C15H11FN4O4/c16-12-2-1-3-13(20(23)24)11(12)8-19-14(21)9(6-17)7-18(15(19)22)10-4-5-10/h1-3,7,10H,4-5,8H2. The lowest BCUT2D eigenvalue weighted by atomic mass is 10.1. The van der Waals surface area contributed by atoms with Gasteiger partial charge in [-0.1, -0.05) is 6.07 Å². The number of hydrogen-bond acceptors (Lipinski definition) is 5. The molecule has 1 aliphatic carbocycles. The average molecular weight is 330 g/mol. The van der Waals surface area contributed by atoms with Gasteiger partial charge < -0.3 is 0 Å². The van der Waals surface area contributed by atoms with Crippen molar-refractivity contribution in [1.29, 1.82) is 5.26 Å². The van der Waals surface area contributed by atoms with Gasteiger partial charge in [-0.2, -0.15) is 5.26 Å². The molecule has 1 aliphatic rings. The van der Waals surface area contributed by atoms with Crippen LogP contribution in [0.1, 0.15) is 30.0 Å². The molecule has 1 aromatic heterocycles. The molecular weight excluding hydrogens is 319 g/mol. The van der Waals surface area contributed by atoms with Crippen molar-refractivity contribution >= 4 is 5.69 Å². The average Bonchev–Trinajstić information content (AvgIpc) is 3.37. The van der Waals surface area contributed by atoms with Gasteiger partial charge >= 0.3 is 5.69 Å². The lowest BCUT2D eigenvalue weighted by Crippen LogP contribution is -2.41. The predicted octanol–water partition coefficient (Wildman–Crippen LogP) is 1.31. The Morgan fingerprint density at radius 3 is 2.67 bits per heavy atom. The quantitative estimate of drug-likeness (QED) is 0.620. The fourth-order valence-electron chi connectivity index (χ4n) is 2.48. The summed E-state index contributed by atoms with van der Waals surface area (Å²) in [5, 5.41) is 20.1. The van der Waals surface area contributed by atoms with E-state index < -0.39 is 34.2 Å². The van der Waals surface area contributed by atoms with Crippen molar-refractivity contribution in [2.75, 3.05) is 0 Å². The van der Waals surface area contributed by atoms with E-state index in [9.17, 15) is 24.1 Å². The monoisotopic (exact) mass is 330 g/mol. The van der Waals surface area contributed by atoms with Crippen LogP contribution in [-0.4, -0.2) is 14.1 Å². The Bertz CT molecular complexity index is 998. The predicted molar refractivity (Wildman–Crippen MR) is 80.1 cm³/mol. The molecule has 3 rings (SSSR count). The van der Waals surface area contributed by atoms with E-state index in [1.807, 2.05) is 0 Å². The van der Waals surface area contributed by atoms with E-state index in [0.29, 0.717) is 4.57 Å². The second-order valence-corrected chi connectivity index (χ2v) is 5.46. The van der Waals surface area contributed by atoms with Gasteiger partial charge in [0.1, 0.15) is 17.4 Å². The summed E-state index contributed by atoms with van der Waals surface area (Å²) in [4.78, 5) is 35.0. The summed E-state index contributed by atoms with van der Waals surface area (Å²) in [6.45, 7) is -0.608. The van der Waals surface area contributed by atoms with Gasteiger partial charge in [0.2, 0.25) is 0 Å². The summed E-state index contributed by atoms with van der Waals surface area (Å²) < 4.78 is 15.9. The minimum absolute atomic E-state index is 0.105. The summed E-state index contributed by atoms with van der Waals surface area (Å²) in [6.07, 6.45) is 2.67. The SMILES string of the molecule is N#Cc1cn(C2CC2)c(=O)n(Cc2c(F)cccc2[N+](=O)[O-])c1=O. The molecule has 1 aromatic carbocycles. The van der Waals surface area contributed by atoms with Crippen LogP contribution in [0, 0.1) is 27.3 Å². The molecule has 0 atom stereocenters. The van der Waals surface area contributed by atoms with Crippen LogP contribution in [0.2, 0.25) is 0 Å². The molecule has 0 bridgehead atoms. The van der Waals surface area contributed by atoms with Crippen LogP contribution in [0.4, 0.5) is 10.1 Å². The molecule has 1 heterocycles. The topological polar surface area (TPSA) is 111 Å². The number of aromatic nitrogens is 2. The van der Waals surface area contributed by atoms with E-state index in [0.717, 1.165) is 25.0 Å². The van der Waals surface area contributed by atoms with E-state index in [1.54, 1.807) is 6.07 Å². The highest BCUT2D eigenvalue weighted by molar-refractivity contribution is 5.41.